The number of H-pyrrole nitrogens is 1. The van der Waals surface area contributed by atoms with Gasteiger partial charge in [0, 0.05) is 16.4 Å². The number of anilines is 1. The maximum absolute atomic E-state index is 12.1. The van der Waals surface area contributed by atoms with Gasteiger partial charge in [0.1, 0.15) is 5.69 Å². The largest absolute Gasteiger partial charge is 0.335 e. The lowest BCUT2D eigenvalue weighted by Gasteiger charge is -2.06. The molecule has 3 rings (SSSR count). The average Bonchev–Trinajstić information content (AvgIpc) is 3.15. The predicted molar refractivity (Wildman–Crippen MR) is 98.0 cm³/mol. The molecule has 0 spiro atoms. The summed E-state index contributed by atoms with van der Waals surface area (Å²) in [7, 11) is 0. The Morgan fingerprint density at radius 2 is 2.16 bits per heavy atom. The van der Waals surface area contributed by atoms with Crippen molar-refractivity contribution in [3.8, 4) is 11.5 Å². The minimum atomic E-state index is -0.190. The first-order valence-corrected chi connectivity index (χ1v) is 8.72. The number of benzene rings is 1. The molecule has 0 fully saturated rings. The molecule has 4 N–H and O–H groups in total. The number of amides is 1. The number of aromatic amines is 1. The van der Waals surface area contributed by atoms with Crippen LogP contribution in [0, 0.1) is 13.8 Å². The van der Waals surface area contributed by atoms with Crippen LogP contribution in [0.25, 0.3) is 11.5 Å². The van der Waals surface area contributed by atoms with Crippen molar-refractivity contribution in [2.75, 3.05) is 16.9 Å². The van der Waals surface area contributed by atoms with Crippen molar-refractivity contribution in [3.05, 3.63) is 40.5 Å². The minimum absolute atomic E-state index is 0.139. The number of aromatic nitrogens is 5. The smallest absolute Gasteiger partial charge is 0.234 e. The summed E-state index contributed by atoms with van der Waals surface area (Å²) >= 11 is 7.24. The number of hydrogen-bond donors (Lipinski definition) is 3. The molecule has 0 bridgehead atoms. The van der Waals surface area contributed by atoms with Gasteiger partial charge in [0.05, 0.1) is 5.75 Å². The summed E-state index contributed by atoms with van der Waals surface area (Å²) in [5, 5.41) is 18.7. The van der Waals surface area contributed by atoms with Crippen LogP contribution in [-0.4, -0.2) is 36.7 Å². The number of nitrogens with zero attached hydrogens (tertiary/aromatic N) is 4. The van der Waals surface area contributed by atoms with Crippen LogP contribution in [0.15, 0.2) is 29.4 Å². The number of aryl methyl sites for hydroxylation is 2. The summed E-state index contributed by atoms with van der Waals surface area (Å²) in [6, 6.07) is 7.17. The Balaban J connectivity index is 1.62. The molecule has 10 heteroatoms. The zero-order valence-electron chi connectivity index (χ0n) is 13.6. The molecular formula is C15H16ClN7OS. The van der Waals surface area contributed by atoms with Gasteiger partial charge in [0.25, 0.3) is 0 Å². The van der Waals surface area contributed by atoms with Crippen molar-refractivity contribution in [1.82, 2.24) is 25.1 Å². The van der Waals surface area contributed by atoms with E-state index in [0.717, 1.165) is 11.3 Å². The average molecular weight is 378 g/mol. The number of hydrogen-bond acceptors (Lipinski definition) is 6. The molecule has 2 heterocycles. The van der Waals surface area contributed by atoms with Crippen molar-refractivity contribution in [2.24, 2.45) is 0 Å². The van der Waals surface area contributed by atoms with Gasteiger partial charge in [-0.3, -0.25) is 9.89 Å². The predicted octanol–water partition coefficient (Wildman–Crippen LogP) is 2.38. The highest BCUT2D eigenvalue weighted by Crippen LogP contribution is 2.22. The van der Waals surface area contributed by atoms with Crippen LogP contribution in [0.1, 0.15) is 11.3 Å². The number of carbonyl (C=O) groups excluding carboxylic acids is 1. The molecule has 0 aliphatic heterocycles. The van der Waals surface area contributed by atoms with Crippen molar-refractivity contribution in [1.29, 1.82) is 0 Å². The second-order valence-electron chi connectivity index (χ2n) is 5.41. The summed E-state index contributed by atoms with van der Waals surface area (Å²) < 4.78 is 1.32. The molecule has 0 atom stereocenters. The third kappa shape index (κ3) is 3.94. The van der Waals surface area contributed by atoms with Gasteiger partial charge in [-0.25, -0.2) is 4.68 Å². The Morgan fingerprint density at radius 3 is 2.84 bits per heavy atom. The molecular weight excluding hydrogens is 362 g/mol. The highest BCUT2D eigenvalue weighted by Gasteiger charge is 2.15. The highest BCUT2D eigenvalue weighted by molar-refractivity contribution is 7.99. The maximum Gasteiger partial charge on any atom is 0.234 e. The van der Waals surface area contributed by atoms with E-state index in [9.17, 15) is 4.79 Å². The first kappa shape index (κ1) is 17.3. The SMILES string of the molecule is Cc1cc(-c2nnc(SCC(=O)Nc3ccc(C)c(Cl)c3)n2N)n[nH]1. The van der Waals surface area contributed by atoms with E-state index in [-0.39, 0.29) is 11.7 Å². The van der Waals surface area contributed by atoms with E-state index < -0.39 is 0 Å². The number of thioether (sulfide) groups is 1. The molecule has 130 valence electrons. The zero-order chi connectivity index (χ0) is 18.0. The molecule has 25 heavy (non-hydrogen) atoms. The van der Waals surface area contributed by atoms with Crippen LogP contribution in [0.3, 0.4) is 0 Å². The van der Waals surface area contributed by atoms with E-state index in [1.807, 2.05) is 26.0 Å². The van der Waals surface area contributed by atoms with E-state index in [0.29, 0.717) is 27.4 Å². The van der Waals surface area contributed by atoms with Crippen molar-refractivity contribution in [3.63, 3.8) is 0 Å². The molecule has 0 aliphatic carbocycles. The van der Waals surface area contributed by atoms with Crippen molar-refractivity contribution >= 4 is 35.0 Å². The van der Waals surface area contributed by atoms with Crippen LogP contribution in [0.5, 0.6) is 0 Å². The van der Waals surface area contributed by atoms with E-state index in [1.54, 1.807) is 12.1 Å². The molecule has 2 aromatic heterocycles. The summed E-state index contributed by atoms with van der Waals surface area (Å²) in [6.07, 6.45) is 0. The zero-order valence-corrected chi connectivity index (χ0v) is 15.1. The lowest BCUT2D eigenvalue weighted by Crippen LogP contribution is -2.16. The standard InChI is InChI=1S/C15H16ClN7OS/c1-8-3-4-10(6-11(8)16)18-13(24)7-25-15-22-21-14(23(15)17)12-5-9(2)19-20-12/h3-6H,7,17H2,1-2H3,(H,18,24)(H,19,20). The fourth-order valence-corrected chi connectivity index (χ4v) is 2.92. The van der Waals surface area contributed by atoms with Crippen LogP contribution in [-0.2, 0) is 4.79 Å². The van der Waals surface area contributed by atoms with Gasteiger partial charge in [-0.2, -0.15) is 5.10 Å². The van der Waals surface area contributed by atoms with Crippen LogP contribution in [0.4, 0.5) is 5.69 Å². The third-order valence-electron chi connectivity index (χ3n) is 3.39. The fraction of sp³-hybridized carbons (Fsp3) is 0.200. The number of nitrogens with two attached hydrogens (primary N) is 1. The van der Waals surface area contributed by atoms with Crippen molar-refractivity contribution < 1.29 is 4.79 Å². The van der Waals surface area contributed by atoms with E-state index in [1.165, 1.54) is 16.4 Å². The first-order valence-electron chi connectivity index (χ1n) is 7.35. The number of halogens is 1. The van der Waals surface area contributed by atoms with E-state index >= 15 is 0 Å². The van der Waals surface area contributed by atoms with Gasteiger partial charge in [-0.05, 0) is 37.6 Å². The second kappa shape index (κ2) is 7.16. The lowest BCUT2D eigenvalue weighted by molar-refractivity contribution is -0.113. The normalized spacial score (nSPS) is 10.8. The molecule has 0 aliphatic rings. The quantitative estimate of drug-likeness (QED) is 0.464. The summed E-state index contributed by atoms with van der Waals surface area (Å²) in [6.45, 7) is 3.78. The van der Waals surface area contributed by atoms with Gasteiger partial charge in [0.15, 0.2) is 0 Å². The number of carbonyl (C=O) groups is 1. The fourth-order valence-electron chi connectivity index (χ4n) is 2.08. The Morgan fingerprint density at radius 1 is 1.36 bits per heavy atom. The number of rotatable bonds is 5. The molecule has 3 aromatic rings. The molecule has 8 nitrogen and oxygen atoms in total. The summed E-state index contributed by atoms with van der Waals surface area (Å²) in [5.74, 6) is 6.37. The summed E-state index contributed by atoms with van der Waals surface area (Å²) in [5.41, 5.74) is 3.08. The molecule has 0 unspecified atom stereocenters. The van der Waals surface area contributed by atoms with E-state index in [2.05, 4.69) is 25.7 Å². The first-order chi connectivity index (χ1) is 11.9. The molecule has 0 radical (unpaired) electrons. The molecule has 1 amide bonds. The van der Waals surface area contributed by atoms with Crippen molar-refractivity contribution in [2.45, 2.75) is 19.0 Å². The molecule has 0 saturated carbocycles. The van der Waals surface area contributed by atoms with Gasteiger partial charge < -0.3 is 11.2 Å². The third-order valence-corrected chi connectivity index (χ3v) is 4.74. The van der Waals surface area contributed by atoms with Gasteiger partial charge in [0.2, 0.25) is 16.9 Å². The lowest BCUT2D eigenvalue weighted by atomic mass is 10.2. The molecule has 0 saturated heterocycles. The Bertz CT molecular complexity index is 920. The Hall–Kier alpha value is -2.52. The minimum Gasteiger partial charge on any atom is -0.335 e. The Labute approximate surface area is 153 Å². The maximum atomic E-state index is 12.1. The summed E-state index contributed by atoms with van der Waals surface area (Å²) in [4.78, 5) is 12.1. The monoisotopic (exact) mass is 377 g/mol. The van der Waals surface area contributed by atoms with Crippen LogP contribution >= 0.6 is 23.4 Å². The van der Waals surface area contributed by atoms with Gasteiger partial charge in [-0.15, -0.1) is 10.2 Å². The van der Waals surface area contributed by atoms with Gasteiger partial charge in [-0.1, -0.05) is 29.4 Å². The Kier molecular flexibility index (Phi) is 4.95. The number of nitrogens with one attached hydrogen (secondary N) is 2. The van der Waals surface area contributed by atoms with Gasteiger partial charge >= 0.3 is 0 Å². The highest BCUT2D eigenvalue weighted by atomic mass is 35.5. The second-order valence-corrected chi connectivity index (χ2v) is 6.76. The van der Waals surface area contributed by atoms with Crippen LogP contribution in [0.2, 0.25) is 5.02 Å². The van der Waals surface area contributed by atoms with E-state index in [4.69, 9.17) is 17.4 Å². The molecule has 1 aromatic carbocycles. The van der Waals surface area contributed by atoms with Crippen LogP contribution < -0.4 is 11.2 Å². The number of nitrogen functional groups attached to an aromatic ring is 1. The topological polar surface area (TPSA) is 115 Å².